The molecule has 0 saturated carbocycles. The molecular weight excluding hydrogens is 355 g/mol. The van der Waals surface area contributed by atoms with E-state index in [1.165, 1.54) is 23.5 Å². The molecular formula is C19H15FN2O3S. The highest BCUT2D eigenvalue weighted by Gasteiger charge is 2.14. The lowest BCUT2D eigenvalue weighted by Crippen LogP contribution is -2.41. The second-order valence-electron chi connectivity index (χ2n) is 5.30. The van der Waals surface area contributed by atoms with Gasteiger partial charge in [0.15, 0.2) is 0 Å². The van der Waals surface area contributed by atoms with Crippen LogP contribution in [0.25, 0.3) is 0 Å². The van der Waals surface area contributed by atoms with E-state index in [1.807, 2.05) is 0 Å². The van der Waals surface area contributed by atoms with Crippen LogP contribution in [0, 0.1) is 5.82 Å². The Balaban J connectivity index is 1.63. The maximum absolute atomic E-state index is 12.9. The van der Waals surface area contributed by atoms with Crippen molar-refractivity contribution in [1.29, 1.82) is 0 Å². The van der Waals surface area contributed by atoms with Crippen molar-refractivity contribution in [3.05, 3.63) is 87.9 Å². The van der Waals surface area contributed by atoms with Crippen LogP contribution in [0.1, 0.15) is 25.6 Å². The Labute approximate surface area is 153 Å². The van der Waals surface area contributed by atoms with Crippen molar-refractivity contribution < 1.29 is 18.7 Å². The molecule has 0 fully saturated rings. The van der Waals surface area contributed by atoms with Gasteiger partial charge in [0.1, 0.15) is 18.2 Å². The van der Waals surface area contributed by atoms with Crippen molar-refractivity contribution in [2.75, 3.05) is 0 Å². The highest BCUT2D eigenvalue weighted by molar-refractivity contribution is 7.12. The van der Waals surface area contributed by atoms with Crippen LogP contribution in [0.3, 0.4) is 0 Å². The standard InChI is InChI=1S/C19H15FN2O3S/c20-14-9-7-13(8-10-14)12-25-16-5-2-1-4-15(16)18(23)21-22-19(24)17-6-3-11-26-17/h1-11H,12H2,(H,21,23)(H,22,24). The molecule has 3 aromatic rings. The van der Waals surface area contributed by atoms with Crippen LogP contribution in [0.15, 0.2) is 66.0 Å². The van der Waals surface area contributed by atoms with E-state index < -0.39 is 11.8 Å². The monoisotopic (exact) mass is 370 g/mol. The van der Waals surface area contributed by atoms with Crippen molar-refractivity contribution in [3.8, 4) is 5.75 Å². The summed E-state index contributed by atoms with van der Waals surface area (Å²) >= 11 is 1.27. The Morgan fingerprint density at radius 1 is 0.923 bits per heavy atom. The van der Waals surface area contributed by atoms with Gasteiger partial charge in [-0.1, -0.05) is 30.3 Å². The predicted octanol–water partition coefficient (Wildman–Crippen LogP) is 3.54. The first kappa shape index (κ1) is 17.6. The Morgan fingerprint density at radius 2 is 1.65 bits per heavy atom. The lowest BCUT2D eigenvalue weighted by molar-refractivity contribution is 0.0846. The fourth-order valence-electron chi connectivity index (χ4n) is 2.17. The van der Waals surface area contributed by atoms with Crippen molar-refractivity contribution in [2.45, 2.75) is 6.61 Å². The molecule has 0 saturated heterocycles. The summed E-state index contributed by atoms with van der Waals surface area (Å²) in [6, 6.07) is 16.0. The highest BCUT2D eigenvalue weighted by Crippen LogP contribution is 2.19. The Morgan fingerprint density at radius 3 is 2.38 bits per heavy atom. The SMILES string of the molecule is O=C(NNC(=O)c1ccccc1OCc1ccc(F)cc1)c1cccs1. The molecule has 0 atom stereocenters. The third-order valence-corrected chi connectivity index (χ3v) is 4.34. The second-order valence-corrected chi connectivity index (χ2v) is 6.24. The van der Waals surface area contributed by atoms with Gasteiger partial charge in [-0.15, -0.1) is 11.3 Å². The summed E-state index contributed by atoms with van der Waals surface area (Å²) in [7, 11) is 0. The Kier molecular flexibility index (Phi) is 5.60. The van der Waals surface area contributed by atoms with E-state index in [0.717, 1.165) is 5.56 Å². The first-order valence-electron chi connectivity index (χ1n) is 7.74. The molecule has 1 heterocycles. The van der Waals surface area contributed by atoms with Crippen LogP contribution in [0.4, 0.5) is 4.39 Å². The molecule has 5 nitrogen and oxygen atoms in total. The van der Waals surface area contributed by atoms with E-state index in [1.54, 1.807) is 53.9 Å². The molecule has 0 bridgehead atoms. The summed E-state index contributed by atoms with van der Waals surface area (Å²) < 4.78 is 18.6. The third kappa shape index (κ3) is 4.46. The maximum Gasteiger partial charge on any atom is 0.279 e. The van der Waals surface area contributed by atoms with Gasteiger partial charge in [-0.05, 0) is 41.3 Å². The second kappa shape index (κ2) is 8.26. The largest absolute Gasteiger partial charge is 0.488 e. The number of rotatable bonds is 5. The van der Waals surface area contributed by atoms with Crippen molar-refractivity contribution in [2.24, 2.45) is 0 Å². The van der Waals surface area contributed by atoms with E-state index in [2.05, 4.69) is 10.9 Å². The van der Waals surface area contributed by atoms with E-state index >= 15 is 0 Å². The van der Waals surface area contributed by atoms with Crippen LogP contribution in [0.2, 0.25) is 0 Å². The number of ether oxygens (including phenoxy) is 1. The number of hydrogen-bond acceptors (Lipinski definition) is 4. The van der Waals surface area contributed by atoms with Crippen molar-refractivity contribution in [1.82, 2.24) is 10.9 Å². The number of amides is 2. The molecule has 7 heteroatoms. The van der Waals surface area contributed by atoms with Crippen LogP contribution >= 0.6 is 11.3 Å². The summed E-state index contributed by atoms with van der Waals surface area (Å²) in [5.74, 6) is -0.850. The fraction of sp³-hybridized carbons (Fsp3) is 0.0526. The van der Waals surface area contributed by atoms with Gasteiger partial charge < -0.3 is 4.74 Å². The fourth-order valence-corrected chi connectivity index (χ4v) is 2.79. The summed E-state index contributed by atoms with van der Waals surface area (Å²) in [5.41, 5.74) is 5.79. The number of carbonyl (C=O) groups is 2. The molecule has 2 amide bonds. The minimum atomic E-state index is -0.496. The van der Waals surface area contributed by atoms with Crippen LogP contribution in [0.5, 0.6) is 5.75 Å². The average Bonchev–Trinajstić information content (AvgIpc) is 3.20. The van der Waals surface area contributed by atoms with Crippen molar-refractivity contribution >= 4 is 23.2 Å². The first-order chi connectivity index (χ1) is 12.6. The molecule has 26 heavy (non-hydrogen) atoms. The first-order valence-corrected chi connectivity index (χ1v) is 8.62. The zero-order valence-electron chi connectivity index (χ0n) is 13.6. The van der Waals surface area contributed by atoms with E-state index in [4.69, 9.17) is 4.74 Å². The van der Waals surface area contributed by atoms with Gasteiger partial charge in [-0.3, -0.25) is 20.4 Å². The zero-order chi connectivity index (χ0) is 18.4. The quantitative estimate of drug-likeness (QED) is 0.675. The minimum absolute atomic E-state index is 0.187. The predicted molar refractivity (Wildman–Crippen MR) is 96.4 cm³/mol. The molecule has 3 rings (SSSR count). The molecule has 1 aromatic heterocycles. The van der Waals surface area contributed by atoms with Gasteiger partial charge in [0.25, 0.3) is 11.8 Å². The normalized spacial score (nSPS) is 10.2. The lowest BCUT2D eigenvalue weighted by atomic mass is 10.2. The van der Waals surface area contributed by atoms with Gasteiger partial charge in [0.05, 0.1) is 10.4 Å². The number of hydrogen-bond donors (Lipinski definition) is 2. The molecule has 0 aliphatic rings. The molecule has 2 aromatic carbocycles. The van der Waals surface area contributed by atoms with Crippen LogP contribution in [-0.2, 0) is 6.61 Å². The Bertz CT molecular complexity index is 895. The number of benzene rings is 2. The number of thiophene rings is 1. The molecule has 0 radical (unpaired) electrons. The van der Waals surface area contributed by atoms with E-state index in [-0.39, 0.29) is 18.0 Å². The van der Waals surface area contributed by atoms with Crippen molar-refractivity contribution in [3.63, 3.8) is 0 Å². The number of hydrazine groups is 1. The molecule has 0 spiro atoms. The topological polar surface area (TPSA) is 67.4 Å². The van der Waals surface area contributed by atoms with Gasteiger partial charge in [-0.25, -0.2) is 4.39 Å². The smallest absolute Gasteiger partial charge is 0.279 e. The maximum atomic E-state index is 12.9. The molecule has 2 N–H and O–H groups in total. The lowest BCUT2D eigenvalue weighted by Gasteiger charge is -2.12. The van der Waals surface area contributed by atoms with E-state index in [9.17, 15) is 14.0 Å². The number of carbonyl (C=O) groups excluding carboxylic acids is 2. The number of halogens is 1. The minimum Gasteiger partial charge on any atom is -0.488 e. The molecule has 132 valence electrons. The Hall–Kier alpha value is -3.19. The van der Waals surface area contributed by atoms with Gasteiger partial charge >= 0.3 is 0 Å². The highest BCUT2D eigenvalue weighted by atomic mass is 32.1. The summed E-state index contributed by atoms with van der Waals surface area (Å²) in [6.07, 6.45) is 0. The molecule has 0 aliphatic carbocycles. The van der Waals surface area contributed by atoms with Crippen LogP contribution < -0.4 is 15.6 Å². The van der Waals surface area contributed by atoms with Gasteiger partial charge in [-0.2, -0.15) is 0 Å². The molecule has 0 aliphatic heterocycles. The number of para-hydroxylation sites is 1. The van der Waals surface area contributed by atoms with Gasteiger partial charge in [0.2, 0.25) is 0 Å². The molecule has 0 unspecified atom stereocenters. The third-order valence-electron chi connectivity index (χ3n) is 3.47. The van der Waals surface area contributed by atoms with Gasteiger partial charge in [0, 0.05) is 0 Å². The van der Waals surface area contributed by atoms with E-state index in [0.29, 0.717) is 10.6 Å². The average molecular weight is 370 g/mol. The summed E-state index contributed by atoms with van der Waals surface area (Å²) in [6.45, 7) is 0.187. The van der Waals surface area contributed by atoms with Crippen LogP contribution in [-0.4, -0.2) is 11.8 Å². The number of nitrogens with one attached hydrogen (secondary N) is 2. The summed E-state index contributed by atoms with van der Waals surface area (Å²) in [5, 5.41) is 1.77. The zero-order valence-corrected chi connectivity index (χ0v) is 14.4. The summed E-state index contributed by atoms with van der Waals surface area (Å²) in [4.78, 5) is 24.7.